The molecule has 0 unspecified atom stereocenters. The topological polar surface area (TPSA) is 44.2 Å². The highest BCUT2D eigenvalue weighted by atomic mass is 32.2. The second-order valence-electron chi connectivity index (χ2n) is 3.59. The average molecular weight is 220 g/mol. The van der Waals surface area contributed by atoms with Crippen LogP contribution in [0.2, 0.25) is 0 Å². The molecular weight excluding hydrogens is 208 g/mol. The summed E-state index contributed by atoms with van der Waals surface area (Å²) in [5.41, 5.74) is 3.15. The van der Waals surface area contributed by atoms with Crippen LogP contribution in [0, 0.1) is 19.3 Å². The first-order valence-corrected chi connectivity index (χ1v) is 5.69. The first kappa shape index (κ1) is 10.2. The number of hydrogen-bond acceptors (Lipinski definition) is 3. The van der Waals surface area contributed by atoms with Crippen molar-refractivity contribution in [2.24, 2.45) is 0 Å². The second-order valence-corrected chi connectivity index (χ2v) is 4.56. The number of thioether (sulfide) groups is 1. The number of nitrogens with zero attached hydrogens (tertiary/aromatic N) is 1. The van der Waals surface area contributed by atoms with Crippen LogP contribution in [0.25, 0.3) is 0 Å². The second kappa shape index (κ2) is 3.70. The molecule has 1 fully saturated rings. The third-order valence-corrected chi connectivity index (χ3v) is 3.38. The van der Waals surface area contributed by atoms with E-state index in [-0.39, 0.29) is 5.91 Å². The van der Waals surface area contributed by atoms with Crippen molar-refractivity contribution in [2.75, 3.05) is 10.7 Å². The summed E-state index contributed by atoms with van der Waals surface area (Å²) in [6, 6.07) is 5.82. The third kappa shape index (κ3) is 1.77. The van der Waals surface area contributed by atoms with Gasteiger partial charge in [0.25, 0.3) is 0 Å². The van der Waals surface area contributed by atoms with Gasteiger partial charge in [-0.1, -0.05) is 17.8 Å². The minimum atomic E-state index is -0.00625. The van der Waals surface area contributed by atoms with Gasteiger partial charge in [-0.25, -0.2) is 0 Å². The van der Waals surface area contributed by atoms with E-state index in [1.165, 1.54) is 22.2 Å². The number of aryl methyl sites for hydroxylation is 2. The molecule has 0 atom stereocenters. The largest absolute Gasteiger partial charge is 0.278 e. The molecule has 2 rings (SSSR count). The summed E-state index contributed by atoms with van der Waals surface area (Å²) in [4.78, 5) is 13.0. The molecule has 1 N–H and O–H groups in total. The van der Waals surface area contributed by atoms with Crippen molar-refractivity contribution in [2.45, 2.75) is 13.8 Å². The minimum Gasteiger partial charge on any atom is -0.278 e. The van der Waals surface area contributed by atoms with Gasteiger partial charge in [0.2, 0.25) is 5.91 Å². The summed E-state index contributed by atoms with van der Waals surface area (Å²) in [6.45, 7) is 4.04. The van der Waals surface area contributed by atoms with Gasteiger partial charge in [0.05, 0.1) is 11.4 Å². The lowest BCUT2D eigenvalue weighted by Gasteiger charge is -2.15. The lowest BCUT2D eigenvalue weighted by molar-refractivity contribution is -0.115. The minimum absolute atomic E-state index is 0.00625. The van der Waals surface area contributed by atoms with Crippen molar-refractivity contribution < 1.29 is 4.79 Å². The predicted molar refractivity (Wildman–Crippen MR) is 63.6 cm³/mol. The molecule has 1 amide bonds. The number of rotatable bonds is 1. The maximum Gasteiger partial charge on any atom is 0.243 e. The predicted octanol–water partition coefficient (Wildman–Crippen LogP) is 2.32. The highest BCUT2D eigenvalue weighted by Crippen LogP contribution is 2.27. The van der Waals surface area contributed by atoms with E-state index in [1.54, 1.807) is 0 Å². The van der Waals surface area contributed by atoms with Gasteiger partial charge >= 0.3 is 0 Å². The van der Waals surface area contributed by atoms with Gasteiger partial charge in [-0.15, -0.1) is 0 Å². The first-order chi connectivity index (χ1) is 7.09. The lowest BCUT2D eigenvalue weighted by atomic mass is 10.1. The third-order valence-electron chi connectivity index (χ3n) is 2.53. The van der Waals surface area contributed by atoms with Crippen molar-refractivity contribution >= 4 is 28.5 Å². The molecule has 0 aromatic heterocycles. The SMILES string of the molecule is Cc1ccc(N2C(=N)SCC2=O)cc1C. The summed E-state index contributed by atoms with van der Waals surface area (Å²) < 4.78 is 0. The van der Waals surface area contributed by atoms with E-state index in [1.807, 2.05) is 32.0 Å². The summed E-state index contributed by atoms with van der Waals surface area (Å²) in [6.07, 6.45) is 0. The van der Waals surface area contributed by atoms with Gasteiger partial charge in [0.1, 0.15) is 0 Å². The summed E-state index contributed by atoms with van der Waals surface area (Å²) in [7, 11) is 0. The first-order valence-electron chi connectivity index (χ1n) is 4.71. The van der Waals surface area contributed by atoms with E-state index >= 15 is 0 Å². The van der Waals surface area contributed by atoms with E-state index in [2.05, 4.69) is 0 Å². The van der Waals surface area contributed by atoms with Crippen LogP contribution in [0.15, 0.2) is 18.2 Å². The van der Waals surface area contributed by atoms with Crippen LogP contribution in [0.5, 0.6) is 0 Å². The van der Waals surface area contributed by atoms with Crippen LogP contribution in [-0.2, 0) is 4.79 Å². The molecule has 1 aromatic carbocycles. The van der Waals surface area contributed by atoms with Gasteiger partial charge in [-0.2, -0.15) is 0 Å². The van der Waals surface area contributed by atoms with Gasteiger partial charge in [0, 0.05) is 0 Å². The Morgan fingerprint density at radius 3 is 2.60 bits per heavy atom. The fraction of sp³-hybridized carbons (Fsp3) is 0.273. The van der Waals surface area contributed by atoms with E-state index < -0.39 is 0 Å². The maximum atomic E-state index is 11.5. The number of carbonyl (C=O) groups excluding carboxylic acids is 1. The Morgan fingerprint density at radius 2 is 2.07 bits per heavy atom. The zero-order valence-electron chi connectivity index (χ0n) is 8.70. The zero-order chi connectivity index (χ0) is 11.0. The molecule has 0 bridgehead atoms. The fourth-order valence-corrected chi connectivity index (χ4v) is 2.22. The molecule has 0 radical (unpaired) electrons. The maximum absolute atomic E-state index is 11.5. The van der Waals surface area contributed by atoms with Crippen molar-refractivity contribution in [1.82, 2.24) is 0 Å². The lowest BCUT2D eigenvalue weighted by Crippen LogP contribution is -2.28. The number of amidine groups is 1. The van der Waals surface area contributed by atoms with E-state index in [9.17, 15) is 4.79 Å². The van der Waals surface area contributed by atoms with Crippen LogP contribution in [-0.4, -0.2) is 16.8 Å². The Morgan fingerprint density at radius 1 is 1.33 bits per heavy atom. The van der Waals surface area contributed by atoms with Crippen LogP contribution >= 0.6 is 11.8 Å². The Hall–Kier alpha value is -1.29. The molecule has 4 heteroatoms. The molecule has 3 nitrogen and oxygen atoms in total. The van der Waals surface area contributed by atoms with Gasteiger partial charge in [0.15, 0.2) is 5.17 Å². The molecule has 0 aliphatic carbocycles. The van der Waals surface area contributed by atoms with Gasteiger partial charge < -0.3 is 0 Å². The Bertz CT molecular complexity index is 426. The van der Waals surface area contributed by atoms with Crippen LogP contribution < -0.4 is 4.90 Å². The number of carbonyl (C=O) groups is 1. The number of anilines is 1. The zero-order valence-corrected chi connectivity index (χ0v) is 9.52. The summed E-state index contributed by atoms with van der Waals surface area (Å²) >= 11 is 1.28. The standard InChI is InChI=1S/C11H12N2OS/c1-7-3-4-9(5-8(7)2)13-10(14)6-15-11(13)12/h3-5,12H,6H2,1-2H3. The van der Waals surface area contributed by atoms with Crippen molar-refractivity contribution in [1.29, 1.82) is 5.41 Å². The number of benzene rings is 1. The van der Waals surface area contributed by atoms with Crippen LogP contribution in [0.1, 0.15) is 11.1 Å². The van der Waals surface area contributed by atoms with Crippen molar-refractivity contribution in [3.63, 3.8) is 0 Å². The molecule has 0 saturated carbocycles. The molecule has 1 aromatic rings. The van der Waals surface area contributed by atoms with E-state index in [4.69, 9.17) is 5.41 Å². The Labute approximate surface area is 93.0 Å². The molecule has 1 heterocycles. The highest BCUT2D eigenvalue weighted by molar-refractivity contribution is 8.15. The van der Waals surface area contributed by atoms with Crippen molar-refractivity contribution in [3.8, 4) is 0 Å². The van der Waals surface area contributed by atoms with Crippen molar-refractivity contribution in [3.05, 3.63) is 29.3 Å². The molecule has 15 heavy (non-hydrogen) atoms. The molecular formula is C11H12N2OS. The summed E-state index contributed by atoms with van der Waals surface area (Å²) in [5.74, 6) is 0.374. The molecule has 1 aliphatic heterocycles. The van der Waals surface area contributed by atoms with Crippen LogP contribution in [0.3, 0.4) is 0 Å². The average Bonchev–Trinajstić information content (AvgIpc) is 2.52. The number of nitrogens with one attached hydrogen (secondary N) is 1. The molecule has 0 spiro atoms. The Balaban J connectivity index is 2.41. The van der Waals surface area contributed by atoms with E-state index in [0.29, 0.717) is 10.9 Å². The molecule has 78 valence electrons. The smallest absolute Gasteiger partial charge is 0.243 e. The van der Waals surface area contributed by atoms with Gasteiger partial charge in [-0.3, -0.25) is 15.1 Å². The monoisotopic (exact) mass is 220 g/mol. The van der Waals surface area contributed by atoms with Crippen LogP contribution in [0.4, 0.5) is 5.69 Å². The Kier molecular flexibility index (Phi) is 2.52. The quantitative estimate of drug-likeness (QED) is 0.789. The fourth-order valence-electron chi connectivity index (χ4n) is 1.50. The highest BCUT2D eigenvalue weighted by Gasteiger charge is 2.28. The summed E-state index contributed by atoms with van der Waals surface area (Å²) in [5, 5.41) is 7.99. The number of hydrogen-bond donors (Lipinski definition) is 1. The van der Waals surface area contributed by atoms with Gasteiger partial charge in [-0.05, 0) is 37.1 Å². The molecule has 1 aliphatic rings. The normalized spacial score (nSPS) is 16.3. The number of amides is 1. The van der Waals surface area contributed by atoms with E-state index in [0.717, 1.165) is 11.3 Å². The molecule has 1 saturated heterocycles.